The minimum atomic E-state index is -0.189. The number of carbonyl (C=O) groups excluding carboxylic acids is 2. The van der Waals surface area contributed by atoms with Gasteiger partial charge in [-0.3, -0.25) is 9.59 Å². The van der Waals surface area contributed by atoms with Crippen LogP contribution in [0.3, 0.4) is 0 Å². The maximum absolute atomic E-state index is 12.3. The maximum atomic E-state index is 12.3. The van der Waals surface area contributed by atoms with Crippen LogP contribution in [0.4, 0.5) is 5.69 Å². The SMILES string of the molecule is CCNC(=O)COc1ccc(/C=C2/C(=O)Nc3ccccc32)cc1OCC. The summed E-state index contributed by atoms with van der Waals surface area (Å²) in [4.78, 5) is 23.9. The van der Waals surface area contributed by atoms with Gasteiger partial charge in [0.15, 0.2) is 18.1 Å². The van der Waals surface area contributed by atoms with E-state index in [1.54, 1.807) is 12.1 Å². The predicted molar refractivity (Wildman–Crippen MR) is 105 cm³/mol. The zero-order chi connectivity index (χ0) is 19.2. The Labute approximate surface area is 158 Å². The first-order chi connectivity index (χ1) is 13.1. The van der Waals surface area contributed by atoms with E-state index < -0.39 is 0 Å². The number of fused-ring (bicyclic) bond motifs is 1. The highest BCUT2D eigenvalue weighted by Gasteiger charge is 2.23. The van der Waals surface area contributed by atoms with Crippen molar-refractivity contribution in [2.75, 3.05) is 25.1 Å². The number of likely N-dealkylation sites (N-methyl/N-ethyl adjacent to an activating group) is 1. The number of nitrogens with one attached hydrogen (secondary N) is 2. The van der Waals surface area contributed by atoms with Crippen molar-refractivity contribution in [1.29, 1.82) is 0 Å². The van der Waals surface area contributed by atoms with E-state index in [0.717, 1.165) is 16.8 Å². The Balaban J connectivity index is 1.86. The molecule has 27 heavy (non-hydrogen) atoms. The standard InChI is InChI=1S/C21H22N2O4/c1-3-22-20(24)13-27-18-10-9-14(12-19(18)26-4-2)11-16-15-7-5-6-8-17(15)23-21(16)25/h5-12H,3-4,13H2,1-2H3,(H,22,24)(H,23,25)/b16-11+. The molecule has 3 rings (SSSR count). The van der Waals surface area contributed by atoms with Crippen molar-refractivity contribution in [3.8, 4) is 11.5 Å². The van der Waals surface area contributed by atoms with Crippen LogP contribution in [0.1, 0.15) is 25.0 Å². The number of amides is 2. The van der Waals surface area contributed by atoms with Gasteiger partial charge in [-0.2, -0.15) is 0 Å². The van der Waals surface area contributed by atoms with Crippen molar-refractivity contribution in [3.05, 3.63) is 53.6 Å². The Hall–Kier alpha value is -3.28. The molecule has 0 fully saturated rings. The maximum Gasteiger partial charge on any atom is 0.257 e. The van der Waals surface area contributed by atoms with Crippen molar-refractivity contribution in [2.45, 2.75) is 13.8 Å². The molecular weight excluding hydrogens is 344 g/mol. The number of anilines is 1. The summed E-state index contributed by atoms with van der Waals surface area (Å²) in [5.74, 6) is 0.695. The minimum Gasteiger partial charge on any atom is -0.490 e. The lowest BCUT2D eigenvalue weighted by atomic mass is 10.0. The van der Waals surface area contributed by atoms with Crippen LogP contribution in [0, 0.1) is 0 Å². The molecule has 0 radical (unpaired) electrons. The fourth-order valence-corrected chi connectivity index (χ4v) is 2.84. The fourth-order valence-electron chi connectivity index (χ4n) is 2.84. The van der Waals surface area contributed by atoms with Crippen LogP contribution >= 0.6 is 0 Å². The molecule has 140 valence electrons. The number of hydrogen-bond acceptors (Lipinski definition) is 4. The van der Waals surface area contributed by atoms with Crippen LogP contribution in [0.25, 0.3) is 11.6 Å². The Morgan fingerprint density at radius 3 is 2.70 bits per heavy atom. The van der Waals surface area contributed by atoms with Crippen molar-refractivity contribution in [2.24, 2.45) is 0 Å². The van der Waals surface area contributed by atoms with E-state index in [0.29, 0.717) is 30.2 Å². The van der Waals surface area contributed by atoms with Crippen molar-refractivity contribution in [1.82, 2.24) is 5.32 Å². The molecule has 1 aliphatic rings. The zero-order valence-electron chi connectivity index (χ0n) is 15.4. The lowest BCUT2D eigenvalue weighted by Crippen LogP contribution is -2.28. The Morgan fingerprint density at radius 1 is 1.11 bits per heavy atom. The first kappa shape index (κ1) is 18.5. The van der Waals surface area contributed by atoms with Crippen molar-refractivity contribution in [3.63, 3.8) is 0 Å². The topological polar surface area (TPSA) is 76.7 Å². The van der Waals surface area contributed by atoms with Gasteiger partial charge in [0.25, 0.3) is 11.8 Å². The molecule has 6 nitrogen and oxygen atoms in total. The number of ether oxygens (including phenoxy) is 2. The van der Waals surface area contributed by atoms with E-state index in [4.69, 9.17) is 9.47 Å². The summed E-state index contributed by atoms with van der Waals surface area (Å²) >= 11 is 0. The van der Waals surface area contributed by atoms with Crippen molar-refractivity contribution < 1.29 is 19.1 Å². The largest absolute Gasteiger partial charge is 0.490 e. The predicted octanol–water partition coefficient (Wildman–Crippen LogP) is 3.09. The Morgan fingerprint density at radius 2 is 1.93 bits per heavy atom. The molecule has 1 aliphatic heterocycles. The van der Waals surface area contributed by atoms with Crippen LogP contribution in [0.2, 0.25) is 0 Å². The number of benzene rings is 2. The first-order valence-corrected chi connectivity index (χ1v) is 8.91. The number of hydrogen-bond donors (Lipinski definition) is 2. The lowest BCUT2D eigenvalue weighted by Gasteiger charge is -2.12. The molecule has 1 heterocycles. The zero-order valence-corrected chi connectivity index (χ0v) is 15.4. The average Bonchev–Trinajstić information content (AvgIpc) is 2.97. The molecule has 0 spiro atoms. The van der Waals surface area contributed by atoms with Crippen LogP contribution < -0.4 is 20.1 Å². The summed E-state index contributed by atoms with van der Waals surface area (Å²) in [5.41, 5.74) is 3.09. The number of carbonyl (C=O) groups is 2. The van der Waals surface area contributed by atoms with Gasteiger partial charge < -0.3 is 20.1 Å². The molecule has 2 N–H and O–H groups in total. The highest BCUT2D eigenvalue weighted by Crippen LogP contribution is 2.34. The molecule has 0 aliphatic carbocycles. The van der Waals surface area contributed by atoms with E-state index in [1.165, 1.54) is 0 Å². The summed E-state index contributed by atoms with van der Waals surface area (Å²) in [6.45, 7) is 4.66. The van der Waals surface area contributed by atoms with Crippen molar-refractivity contribution >= 4 is 29.2 Å². The van der Waals surface area contributed by atoms with E-state index in [1.807, 2.05) is 50.3 Å². The van der Waals surface area contributed by atoms with Gasteiger partial charge in [0, 0.05) is 23.4 Å². The van der Waals surface area contributed by atoms with E-state index in [9.17, 15) is 9.59 Å². The average molecular weight is 366 g/mol. The molecule has 0 saturated heterocycles. The minimum absolute atomic E-state index is 0.0792. The number of para-hydroxylation sites is 1. The molecular formula is C21H22N2O4. The number of rotatable bonds is 7. The summed E-state index contributed by atoms with van der Waals surface area (Å²) in [6, 6.07) is 12.9. The third-order valence-corrected chi connectivity index (χ3v) is 4.02. The molecule has 0 aromatic heterocycles. The summed E-state index contributed by atoms with van der Waals surface area (Å²) in [6.07, 6.45) is 1.82. The molecule has 6 heteroatoms. The molecule has 2 amide bonds. The Bertz CT molecular complexity index is 890. The van der Waals surface area contributed by atoms with E-state index in [-0.39, 0.29) is 18.4 Å². The van der Waals surface area contributed by atoms with Crippen LogP contribution in [0.5, 0.6) is 11.5 Å². The second-order valence-electron chi connectivity index (χ2n) is 5.94. The Kier molecular flexibility index (Phi) is 5.76. The summed E-state index contributed by atoms with van der Waals surface area (Å²) < 4.78 is 11.2. The first-order valence-electron chi connectivity index (χ1n) is 8.91. The highest BCUT2D eigenvalue weighted by molar-refractivity contribution is 6.34. The van der Waals surface area contributed by atoms with Gasteiger partial charge in [0.1, 0.15) is 0 Å². The van der Waals surface area contributed by atoms with Gasteiger partial charge in [-0.1, -0.05) is 24.3 Å². The molecule has 2 aromatic carbocycles. The van der Waals surface area contributed by atoms with Gasteiger partial charge in [-0.25, -0.2) is 0 Å². The highest BCUT2D eigenvalue weighted by atomic mass is 16.5. The van der Waals surface area contributed by atoms with Crippen LogP contribution in [-0.2, 0) is 9.59 Å². The third kappa shape index (κ3) is 4.28. The second-order valence-corrected chi connectivity index (χ2v) is 5.94. The van der Waals surface area contributed by atoms with Gasteiger partial charge in [0.2, 0.25) is 0 Å². The van der Waals surface area contributed by atoms with Crippen LogP contribution in [-0.4, -0.2) is 31.6 Å². The quantitative estimate of drug-likeness (QED) is 0.739. The van der Waals surface area contributed by atoms with Gasteiger partial charge in [0.05, 0.1) is 6.61 Å². The second kappa shape index (κ2) is 8.40. The molecule has 0 unspecified atom stereocenters. The molecule has 0 saturated carbocycles. The molecule has 2 aromatic rings. The van der Waals surface area contributed by atoms with Gasteiger partial charge in [-0.15, -0.1) is 0 Å². The lowest BCUT2D eigenvalue weighted by molar-refractivity contribution is -0.123. The van der Waals surface area contributed by atoms with Gasteiger partial charge >= 0.3 is 0 Å². The smallest absolute Gasteiger partial charge is 0.257 e. The van der Waals surface area contributed by atoms with E-state index >= 15 is 0 Å². The van der Waals surface area contributed by atoms with Crippen LogP contribution in [0.15, 0.2) is 42.5 Å². The summed E-state index contributed by atoms with van der Waals surface area (Å²) in [5, 5.41) is 5.54. The van der Waals surface area contributed by atoms with E-state index in [2.05, 4.69) is 10.6 Å². The van der Waals surface area contributed by atoms with Gasteiger partial charge in [-0.05, 0) is 43.7 Å². The summed E-state index contributed by atoms with van der Waals surface area (Å²) in [7, 11) is 0. The fraction of sp³-hybridized carbons (Fsp3) is 0.238. The third-order valence-electron chi connectivity index (χ3n) is 4.02. The molecule has 0 bridgehead atoms. The normalized spacial score (nSPS) is 13.9. The monoisotopic (exact) mass is 366 g/mol. The molecule has 0 atom stereocenters.